The van der Waals surface area contributed by atoms with Gasteiger partial charge in [-0.2, -0.15) is 0 Å². The molecule has 0 aromatic heterocycles. The molecule has 1 rings (SSSR count). The lowest BCUT2D eigenvalue weighted by atomic mass is 10.2. The molecule has 0 atom stereocenters. The standard InChI is InChI=1S/C25H40O4/c1-4-7-10-12-19-27-23-16-14-22(15-17-25(26)29-18-9-6-3)21-24(23)28-20-13-11-8-5-2/h14-17,21H,4-13,18-20H2,1-3H3. The molecule has 0 aliphatic rings. The van der Waals surface area contributed by atoms with Gasteiger partial charge in [-0.1, -0.05) is 71.8 Å². The zero-order chi connectivity index (χ0) is 21.2. The zero-order valence-electron chi connectivity index (χ0n) is 18.7. The predicted molar refractivity (Wildman–Crippen MR) is 121 cm³/mol. The van der Waals surface area contributed by atoms with E-state index in [0.717, 1.165) is 42.7 Å². The highest BCUT2D eigenvalue weighted by molar-refractivity contribution is 5.87. The Balaban J connectivity index is 2.67. The highest BCUT2D eigenvalue weighted by Gasteiger charge is 2.07. The van der Waals surface area contributed by atoms with E-state index in [4.69, 9.17) is 14.2 Å². The summed E-state index contributed by atoms with van der Waals surface area (Å²) in [6.45, 7) is 8.33. The SMILES string of the molecule is CCCCCCOc1ccc(C=CC(=O)OCCCC)cc1OCCCCCC. The van der Waals surface area contributed by atoms with Crippen molar-refractivity contribution < 1.29 is 19.0 Å². The number of carbonyl (C=O) groups excluding carboxylic acids is 1. The van der Waals surface area contributed by atoms with Crippen LogP contribution in [0.25, 0.3) is 6.08 Å². The van der Waals surface area contributed by atoms with E-state index in [9.17, 15) is 4.79 Å². The summed E-state index contributed by atoms with van der Waals surface area (Å²) in [4.78, 5) is 11.8. The first-order chi connectivity index (χ1) is 14.2. The van der Waals surface area contributed by atoms with Crippen LogP contribution >= 0.6 is 0 Å². The van der Waals surface area contributed by atoms with Gasteiger partial charge in [0.1, 0.15) is 0 Å². The van der Waals surface area contributed by atoms with Gasteiger partial charge < -0.3 is 14.2 Å². The van der Waals surface area contributed by atoms with Gasteiger partial charge in [0, 0.05) is 6.08 Å². The van der Waals surface area contributed by atoms with E-state index in [1.165, 1.54) is 44.6 Å². The van der Waals surface area contributed by atoms with E-state index in [1.807, 2.05) is 18.2 Å². The van der Waals surface area contributed by atoms with Gasteiger partial charge in [0.15, 0.2) is 11.5 Å². The van der Waals surface area contributed by atoms with Gasteiger partial charge >= 0.3 is 5.97 Å². The number of unbranched alkanes of at least 4 members (excludes halogenated alkanes) is 7. The molecule has 164 valence electrons. The van der Waals surface area contributed by atoms with Gasteiger partial charge in [0.2, 0.25) is 0 Å². The molecule has 4 heteroatoms. The van der Waals surface area contributed by atoms with Crippen molar-refractivity contribution in [3.63, 3.8) is 0 Å². The molecular formula is C25H40O4. The summed E-state index contributed by atoms with van der Waals surface area (Å²) in [6, 6.07) is 5.82. The minimum Gasteiger partial charge on any atom is -0.490 e. The third kappa shape index (κ3) is 12.2. The van der Waals surface area contributed by atoms with Crippen LogP contribution in [0, 0.1) is 0 Å². The molecule has 1 aromatic rings. The van der Waals surface area contributed by atoms with Gasteiger partial charge in [-0.05, 0) is 43.0 Å². The second-order valence-corrected chi connectivity index (χ2v) is 7.38. The highest BCUT2D eigenvalue weighted by atomic mass is 16.5. The Morgan fingerprint density at radius 3 is 2.00 bits per heavy atom. The van der Waals surface area contributed by atoms with Crippen molar-refractivity contribution in [1.29, 1.82) is 0 Å². The second-order valence-electron chi connectivity index (χ2n) is 7.38. The van der Waals surface area contributed by atoms with E-state index >= 15 is 0 Å². The lowest BCUT2D eigenvalue weighted by Crippen LogP contribution is -2.03. The Morgan fingerprint density at radius 1 is 0.759 bits per heavy atom. The van der Waals surface area contributed by atoms with Crippen molar-refractivity contribution in [2.45, 2.75) is 85.0 Å². The van der Waals surface area contributed by atoms with Crippen molar-refractivity contribution in [2.75, 3.05) is 19.8 Å². The molecule has 0 fully saturated rings. The normalized spacial score (nSPS) is 11.0. The molecule has 29 heavy (non-hydrogen) atoms. The maximum absolute atomic E-state index is 11.8. The quantitative estimate of drug-likeness (QED) is 0.160. The Bertz CT molecular complexity index is 580. The summed E-state index contributed by atoms with van der Waals surface area (Å²) in [5, 5.41) is 0. The summed E-state index contributed by atoms with van der Waals surface area (Å²) < 4.78 is 17.1. The largest absolute Gasteiger partial charge is 0.490 e. The van der Waals surface area contributed by atoms with Gasteiger partial charge in [-0.3, -0.25) is 0 Å². The summed E-state index contributed by atoms with van der Waals surface area (Å²) in [7, 11) is 0. The van der Waals surface area contributed by atoms with Crippen LogP contribution in [-0.4, -0.2) is 25.8 Å². The highest BCUT2D eigenvalue weighted by Crippen LogP contribution is 2.29. The van der Waals surface area contributed by atoms with Crippen LogP contribution < -0.4 is 9.47 Å². The van der Waals surface area contributed by atoms with Gasteiger partial charge in [-0.25, -0.2) is 4.79 Å². The number of esters is 1. The van der Waals surface area contributed by atoms with Crippen molar-refractivity contribution in [2.24, 2.45) is 0 Å². The monoisotopic (exact) mass is 404 g/mol. The molecule has 1 aromatic carbocycles. The fraction of sp³-hybridized carbons (Fsp3) is 0.640. The van der Waals surface area contributed by atoms with Crippen LogP contribution in [0.1, 0.15) is 90.5 Å². The van der Waals surface area contributed by atoms with Crippen molar-refractivity contribution in [3.05, 3.63) is 29.8 Å². The van der Waals surface area contributed by atoms with Crippen LogP contribution in [0.3, 0.4) is 0 Å². The molecule has 0 radical (unpaired) electrons. The van der Waals surface area contributed by atoms with Crippen molar-refractivity contribution in [1.82, 2.24) is 0 Å². The molecule has 0 spiro atoms. The van der Waals surface area contributed by atoms with Crippen LogP contribution in [0.15, 0.2) is 24.3 Å². The van der Waals surface area contributed by atoms with E-state index in [1.54, 1.807) is 6.08 Å². The Hall–Kier alpha value is -1.97. The first kappa shape index (κ1) is 25.1. The topological polar surface area (TPSA) is 44.8 Å². The average Bonchev–Trinajstić information content (AvgIpc) is 2.73. The molecule has 0 heterocycles. The number of rotatable bonds is 17. The van der Waals surface area contributed by atoms with Crippen molar-refractivity contribution >= 4 is 12.0 Å². The number of benzene rings is 1. The summed E-state index contributed by atoms with van der Waals surface area (Å²) in [5.74, 6) is 1.22. The van der Waals surface area contributed by atoms with Gasteiger partial charge in [0.25, 0.3) is 0 Å². The fourth-order valence-electron chi connectivity index (χ4n) is 2.81. The maximum Gasteiger partial charge on any atom is 0.330 e. The number of hydrogen-bond acceptors (Lipinski definition) is 4. The first-order valence-corrected chi connectivity index (χ1v) is 11.5. The second kappa shape index (κ2) is 16.9. The number of hydrogen-bond donors (Lipinski definition) is 0. The zero-order valence-corrected chi connectivity index (χ0v) is 18.7. The molecule has 0 bridgehead atoms. The molecule has 0 saturated carbocycles. The smallest absolute Gasteiger partial charge is 0.330 e. The Labute approximate surface area is 177 Å². The number of carbonyl (C=O) groups is 1. The van der Waals surface area contributed by atoms with Gasteiger partial charge in [-0.15, -0.1) is 0 Å². The molecule has 0 saturated heterocycles. The molecule has 0 aliphatic heterocycles. The average molecular weight is 405 g/mol. The van der Waals surface area contributed by atoms with Crippen LogP contribution in [0.5, 0.6) is 11.5 Å². The Kier molecular flexibility index (Phi) is 14.6. The molecule has 0 amide bonds. The summed E-state index contributed by atoms with van der Waals surface area (Å²) >= 11 is 0. The molecule has 0 N–H and O–H groups in total. The minimum absolute atomic E-state index is 0.309. The van der Waals surface area contributed by atoms with E-state index in [0.29, 0.717) is 19.8 Å². The van der Waals surface area contributed by atoms with Crippen LogP contribution in [-0.2, 0) is 9.53 Å². The van der Waals surface area contributed by atoms with E-state index in [-0.39, 0.29) is 5.97 Å². The lowest BCUT2D eigenvalue weighted by molar-refractivity contribution is -0.137. The molecule has 0 unspecified atom stereocenters. The first-order valence-electron chi connectivity index (χ1n) is 11.5. The third-order valence-corrected chi connectivity index (χ3v) is 4.63. The Morgan fingerprint density at radius 2 is 1.38 bits per heavy atom. The predicted octanol–water partition coefficient (Wildman–Crippen LogP) is 6.96. The summed E-state index contributed by atoms with van der Waals surface area (Å²) in [5.41, 5.74) is 0.902. The van der Waals surface area contributed by atoms with E-state index in [2.05, 4.69) is 20.8 Å². The number of ether oxygens (including phenoxy) is 3. The minimum atomic E-state index is -0.309. The van der Waals surface area contributed by atoms with E-state index < -0.39 is 0 Å². The summed E-state index contributed by atoms with van der Waals surface area (Å²) in [6.07, 6.45) is 14.5. The van der Waals surface area contributed by atoms with Crippen LogP contribution in [0.2, 0.25) is 0 Å². The molecule has 4 nitrogen and oxygen atoms in total. The molecule has 0 aliphatic carbocycles. The van der Waals surface area contributed by atoms with Gasteiger partial charge in [0.05, 0.1) is 19.8 Å². The van der Waals surface area contributed by atoms with Crippen LogP contribution in [0.4, 0.5) is 0 Å². The maximum atomic E-state index is 11.8. The third-order valence-electron chi connectivity index (χ3n) is 4.63. The lowest BCUT2D eigenvalue weighted by Gasteiger charge is -2.14. The van der Waals surface area contributed by atoms with Crippen molar-refractivity contribution in [3.8, 4) is 11.5 Å². The fourth-order valence-corrected chi connectivity index (χ4v) is 2.81. The molecular weight excluding hydrogens is 364 g/mol.